The third-order valence-corrected chi connectivity index (χ3v) is 3.66. The first-order valence-corrected chi connectivity index (χ1v) is 7.40. The molecule has 1 aromatic rings. The van der Waals surface area contributed by atoms with Gasteiger partial charge in [0.2, 0.25) is 0 Å². The number of hydrogen-bond acceptors (Lipinski definition) is 5. The fourth-order valence-corrected chi connectivity index (χ4v) is 2.41. The lowest BCUT2D eigenvalue weighted by molar-refractivity contribution is -0.138. The Hall–Kier alpha value is -1.72. The molecule has 22 heavy (non-hydrogen) atoms. The number of fused-ring (bicyclic) bond motifs is 1. The van der Waals surface area contributed by atoms with Crippen LogP contribution >= 0.6 is 0 Å². The zero-order valence-electron chi connectivity index (χ0n) is 13.6. The highest BCUT2D eigenvalue weighted by Crippen LogP contribution is 2.47. The molecule has 2 fully saturated rings. The fourth-order valence-electron chi connectivity index (χ4n) is 2.41. The number of ketones is 1. The topological polar surface area (TPSA) is 55.6 Å². The van der Waals surface area contributed by atoms with Crippen molar-refractivity contribution < 1.29 is 19.1 Å². The molecule has 5 nitrogen and oxygen atoms in total. The van der Waals surface area contributed by atoms with Crippen LogP contribution in [0.3, 0.4) is 0 Å². The monoisotopic (exact) mass is 305 g/mol. The Labute approximate surface area is 131 Å². The van der Waals surface area contributed by atoms with Crippen molar-refractivity contribution in [3.8, 4) is 0 Å². The predicted molar refractivity (Wildman–Crippen MR) is 82.6 cm³/mol. The van der Waals surface area contributed by atoms with E-state index in [1.165, 1.54) is 5.56 Å². The van der Waals surface area contributed by atoms with Crippen molar-refractivity contribution in [1.29, 1.82) is 0 Å². The third kappa shape index (κ3) is 3.72. The van der Waals surface area contributed by atoms with Crippen molar-refractivity contribution >= 4 is 12.3 Å². The molecule has 0 N–H and O–H groups in total. The van der Waals surface area contributed by atoms with Crippen LogP contribution in [0.15, 0.2) is 24.3 Å². The molecule has 0 amide bonds. The van der Waals surface area contributed by atoms with Crippen LogP contribution in [0.2, 0.25) is 0 Å². The number of carbonyl (C=O) groups excluding carboxylic acids is 2. The summed E-state index contributed by atoms with van der Waals surface area (Å²) in [6.45, 7) is 10.3. The van der Waals surface area contributed by atoms with Crippen molar-refractivity contribution in [2.45, 2.75) is 39.0 Å². The van der Waals surface area contributed by atoms with Gasteiger partial charge in [-0.15, -0.1) is 0 Å². The molecule has 2 unspecified atom stereocenters. The number of morpholine rings is 1. The van der Waals surface area contributed by atoms with Crippen molar-refractivity contribution in [1.82, 2.24) is 4.90 Å². The molecule has 0 saturated carbocycles. The van der Waals surface area contributed by atoms with Gasteiger partial charge in [-0.3, -0.25) is 14.5 Å². The second-order valence-corrected chi connectivity index (χ2v) is 6.51. The molecule has 2 aliphatic rings. The summed E-state index contributed by atoms with van der Waals surface area (Å²) in [6.07, 6.45) is 0. The van der Waals surface area contributed by atoms with Crippen molar-refractivity contribution in [3.63, 3.8) is 0 Å². The maximum absolute atomic E-state index is 11.1. The molecular weight excluding hydrogens is 282 g/mol. The molecule has 1 aromatic carbocycles. The second kappa shape index (κ2) is 6.18. The van der Waals surface area contributed by atoms with E-state index >= 15 is 0 Å². The third-order valence-electron chi connectivity index (χ3n) is 3.66. The minimum atomic E-state index is -0.318. The number of ether oxygens (including phenoxy) is 2. The first-order chi connectivity index (χ1) is 10.3. The maximum atomic E-state index is 11.1. The summed E-state index contributed by atoms with van der Waals surface area (Å²) in [6, 6.07) is 7.76. The first kappa shape index (κ1) is 16.6. The van der Waals surface area contributed by atoms with Crippen molar-refractivity contribution in [2.24, 2.45) is 0 Å². The second-order valence-electron chi connectivity index (χ2n) is 6.51. The van der Waals surface area contributed by atoms with E-state index in [1.54, 1.807) is 6.92 Å². The van der Waals surface area contributed by atoms with Crippen LogP contribution in [-0.4, -0.2) is 42.5 Å². The van der Waals surface area contributed by atoms with Gasteiger partial charge in [0.25, 0.3) is 6.47 Å². The van der Waals surface area contributed by atoms with E-state index in [2.05, 4.69) is 9.64 Å². The molecular formula is C17H23NO4. The van der Waals surface area contributed by atoms with E-state index in [9.17, 15) is 9.59 Å². The molecule has 3 rings (SSSR count). The molecule has 2 aliphatic heterocycles. The van der Waals surface area contributed by atoms with Gasteiger partial charge in [0, 0.05) is 24.2 Å². The summed E-state index contributed by atoms with van der Waals surface area (Å²) in [5.74, 6) is 0.110. The molecule has 2 heterocycles. The standard InChI is InChI=1S/C12H13NO2.C5H10O2/c1-9(14)10-2-4-11(5-3-10)12-8-13(12)6-7-15-12;1-5(2,3)7-4-6/h2-5H,6-8H2,1H3;4H,1-3H3. The predicted octanol–water partition coefficient (Wildman–Crippen LogP) is 2.35. The molecule has 0 aromatic heterocycles. The molecule has 0 bridgehead atoms. The minimum absolute atomic E-state index is 0.110. The van der Waals surface area contributed by atoms with E-state index in [0.717, 1.165) is 25.3 Å². The highest BCUT2D eigenvalue weighted by molar-refractivity contribution is 5.94. The quantitative estimate of drug-likeness (QED) is 0.487. The van der Waals surface area contributed by atoms with Gasteiger partial charge in [-0.25, -0.2) is 0 Å². The van der Waals surface area contributed by atoms with Gasteiger partial charge in [-0.05, 0) is 27.7 Å². The molecule has 120 valence electrons. The van der Waals surface area contributed by atoms with Crippen LogP contribution in [-0.2, 0) is 20.0 Å². The van der Waals surface area contributed by atoms with E-state index in [1.807, 2.05) is 45.0 Å². The Kier molecular flexibility index (Phi) is 4.68. The highest BCUT2D eigenvalue weighted by Gasteiger charge is 2.58. The van der Waals surface area contributed by atoms with E-state index < -0.39 is 0 Å². The largest absolute Gasteiger partial charge is 0.462 e. The van der Waals surface area contributed by atoms with Gasteiger partial charge in [-0.2, -0.15) is 0 Å². The Morgan fingerprint density at radius 3 is 2.27 bits per heavy atom. The Bertz CT molecular complexity index is 547. The van der Waals surface area contributed by atoms with Crippen LogP contribution < -0.4 is 0 Å². The van der Waals surface area contributed by atoms with Crippen LogP contribution in [0, 0.1) is 0 Å². The number of hydrogen-bond donors (Lipinski definition) is 0. The molecule has 5 heteroatoms. The van der Waals surface area contributed by atoms with Crippen molar-refractivity contribution in [2.75, 3.05) is 19.7 Å². The number of carbonyl (C=O) groups is 2. The smallest absolute Gasteiger partial charge is 0.293 e. The average molecular weight is 305 g/mol. The molecule has 0 spiro atoms. The highest BCUT2D eigenvalue weighted by atomic mass is 16.5. The SMILES string of the molecule is CC(=O)c1ccc(C23CN2CCO3)cc1.CC(C)(C)OC=O. The average Bonchev–Trinajstić information content (AvgIpc) is 3.00. The Morgan fingerprint density at radius 1 is 1.32 bits per heavy atom. The maximum Gasteiger partial charge on any atom is 0.293 e. The van der Waals surface area contributed by atoms with E-state index in [0.29, 0.717) is 6.47 Å². The number of Topliss-reactive ketones (excluding diaryl/α,β-unsaturated/α-hetero) is 1. The van der Waals surface area contributed by atoms with Gasteiger partial charge in [0.1, 0.15) is 5.60 Å². The van der Waals surface area contributed by atoms with E-state index in [-0.39, 0.29) is 17.1 Å². The summed E-state index contributed by atoms with van der Waals surface area (Å²) in [7, 11) is 0. The lowest BCUT2D eigenvalue weighted by Gasteiger charge is -2.14. The van der Waals surface area contributed by atoms with Gasteiger partial charge in [0.15, 0.2) is 11.5 Å². The molecule has 0 radical (unpaired) electrons. The minimum Gasteiger partial charge on any atom is -0.462 e. The van der Waals surface area contributed by atoms with Gasteiger partial charge in [-0.1, -0.05) is 24.3 Å². The van der Waals surface area contributed by atoms with Gasteiger partial charge in [0.05, 0.1) is 6.61 Å². The number of nitrogens with zero attached hydrogens (tertiary/aromatic N) is 1. The zero-order chi connectivity index (χ0) is 16.4. The Balaban J connectivity index is 0.000000217. The van der Waals surface area contributed by atoms with Crippen LogP contribution in [0.4, 0.5) is 0 Å². The lowest BCUT2D eigenvalue weighted by atomic mass is 10.1. The van der Waals surface area contributed by atoms with Crippen LogP contribution in [0.5, 0.6) is 0 Å². The summed E-state index contributed by atoms with van der Waals surface area (Å²) in [5.41, 5.74) is 1.47. The summed E-state index contributed by atoms with van der Waals surface area (Å²) < 4.78 is 10.3. The number of benzene rings is 1. The molecule has 0 aliphatic carbocycles. The van der Waals surface area contributed by atoms with E-state index in [4.69, 9.17) is 4.74 Å². The lowest BCUT2D eigenvalue weighted by Crippen LogP contribution is -2.17. The van der Waals surface area contributed by atoms with Crippen LogP contribution in [0.25, 0.3) is 0 Å². The summed E-state index contributed by atoms with van der Waals surface area (Å²) in [5, 5.41) is 0. The first-order valence-electron chi connectivity index (χ1n) is 7.40. The normalized spacial score (nSPS) is 25.5. The van der Waals surface area contributed by atoms with Crippen LogP contribution in [0.1, 0.15) is 43.6 Å². The number of rotatable bonds is 3. The molecule has 2 atom stereocenters. The van der Waals surface area contributed by atoms with Crippen molar-refractivity contribution in [3.05, 3.63) is 35.4 Å². The molecule has 2 saturated heterocycles. The zero-order valence-corrected chi connectivity index (χ0v) is 13.6. The van der Waals surface area contributed by atoms with Gasteiger partial charge >= 0.3 is 0 Å². The fraction of sp³-hybridized carbons (Fsp3) is 0.529. The Morgan fingerprint density at radius 2 is 1.95 bits per heavy atom. The summed E-state index contributed by atoms with van der Waals surface area (Å²) in [4.78, 5) is 23.0. The van der Waals surface area contributed by atoms with Gasteiger partial charge < -0.3 is 9.47 Å². The summed E-state index contributed by atoms with van der Waals surface area (Å²) >= 11 is 0.